The van der Waals surface area contributed by atoms with Gasteiger partial charge in [0.25, 0.3) is 0 Å². The first-order valence-corrected chi connectivity index (χ1v) is 6.73. The third-order valence-electron chi connectivity index (χ3n) is 4.53. The molecule has 0 aliphatic heterocycles. The number of amides is 1. The number of benzene rings is 1. The van der Waals surface area contributed by atoms with Crippen molar-refractivity contribution in [1.29, 1.82) is 0 Å². The van der Waals surface area contributed by atoms with Crippen molar-refractivity contribution in [3.8, 4) is 0 Å². The summed E-state index contributed by atoms with van der Waals surface area (Å²) in [7, 11) is 0. The number of para-hydroxylation sites is 1. The molecule has 4 heteroatoms. The van der Waals surface area contributed by atoms with E-state index in [9.17, 15) is 14.7 Å². The minimum Gasteiger partial charge on any atom is -0.550 e. The summed E-state index contributed by atoms with van der Waals surface area (Å²) in [6.07, 6.45) is 2.73. The third kappa shape index (κ3) is 2.11. The summed E-state index contributed by atoms with van der Waals surface area (Å²) in [6.45, 7) is 0. The number of carbonyl (C=O) groups is 2. The average molecular weight is 258 g/mol. The van der Waals surface area contributed by atoms with E-state index in [-0.39, 0.29) is 17.7 Å². The van der Waals surface area contributed by atoms with E-state index in [0.29, 0.717) is 5.69 Å². The lowest BCUT2D eigenvalue weighted by molar-refractivity contribution is -0.314. The predicted octanol–water partition coefficient (Wildman–Crippen LogP) is 1.04. The summed E-state index contributed by atoms with van der Waals surface area (Å²) in [6, 6.07) is 9.16. The van der Waals surface area contributed by atoms with Crippen molar-refractivity contribution in [2.45, 2.75) is 19.3 Å². The molecule has 1 amide bonds. The van der Waals surface area contributed by atoms with E-state index in [4.69, 9.17) is 0 Å². The summed E-state index contributed by atoms with van der Waals surface area (Å²) < 4.78 is 0. The Balaban J connectivity index is 1.77. The molecule has 19 heavy (non-hydrogen) atoms. The highest BCUT2D eigenvalue weighted by Crippen LogP contribution is 2.52. The molecule has 0 heterocycles. The molecule has 4 nitrogen and oxygen atoms in total. The largest absolute Gasteiger partial charge is 0.550 e. The van der Waals surface area contributed by atoms with Crippen LogP contribution in [-0.4, -0.2) is 11.9 Å². The number of hydrogen-bond acceptors (Lipinski definition) is 3. The summed E-state index contributed by atoms with van der Waals surface area (Å²) in [5, 5.41) is 14.1. The Morgan fingerprint density at radius 1 is 1.05 bits per heavy atom. The van der Waals surface area contributed by atoms with Crippen LogP contribution in [0.4, 0.5) is 5.69 Å². The van der Waals surface area contributed by atoms with Crippen molar-refractivity contribution in [2.75, 3.05) is 5.32 Å². The molecular formula is C15H16NO3-. The number of anilines is 1. The van der Waals surface area contributed by atoms with Crippen LogP contribution in [0, 0.1) is 23.7 Å². The van der Waals surface area contributed by atoms with Crippen LogP contribution in [-0.2, 0) is 9.59 Å². The van der Waals surface area contributed by atoms with Crippen LogP contribution in [0.15, 0.2) is 30.3 Å². The standard InChI is InChI=1S/C15H17NO3/c17-14(16-11-4-2-1-3-5-11)12-9-6-7-10(8-9)13(12)15(18)19/h1-5,9-10,12-13H,6-8H2,(H,16,17)(H,18,19)/p-1/t9-,10-,12+,13+/m0/s1. The van der Waals surface area contributed by atoms with E-state index >= 15 is 0 Å². The monoisotopic (exact) mass is 258 g/mol. The van der Waals surface area contributed by atoms with Gasteiger partial charge in [0.05, 0.1) is 0 Å². The molecule has 2 aliphatic rings. The van der Waals surface area contributed by atoms with Gasteiger partial charge in [0.1, 0.15) is 0 Å². The lowest BCUT2D eigenvalue weighted by Crippen LogP contribution is -2.43. The predicted molar refractivity (Wildman–Crippen MR) is 67.9 cm³/mol. The fraction of sp³-hybridized carbons (Fsp3) is 0.467. The summed E-state index contributed by atoms with van der Waals surface area (Å²) >= 11 is 0. The molecule has 1 aromatic rings. The van der Waals surface area contributed by atoms with Crippen molar-refractivity contribution < 1.29 is 14.7 Å². The average Bonchev–Trinajstić information content (AvgIpc) is 2.99. The van der Waals surface area contributed by atoms with Gasteiger partial charge in [0, 0.05) is 23.5 Å². The fourth-order valence-corrected chi connectivity index (χ4v) is 3.75. The van der Waals surface area contributed by atoms with Crippen LogP contribution in [0.2, 0.25) is 0 Å². The molecule has 0 aromatic heterocycles. The van der Waals surface area contributed by atoms with E-state index in [1.807, 2.05) is 18.2 Å². The van der Waals surface area contributed by atoms with Crippen molar-refractivity contribution >= 4 is 17.6 Å². The van der Waals surface area contributed by atoms with Gasteiger partial charge in [-0.15, -0.1) is 0 Å². The van der Waals surface area contributed by atoms with Gasteiger partial charge < -0.3 is 15.2 Å². The number of rotatable bonds is 3. The van der Waals surface area contributed by atoms with Crippen LogP contribution in [0.5, 0.6) is 0 Å². The van der Waals surface area contributed by atoms with E-state index in [1.54, 1.807) is 12.1 Å². The Morgan fingerprint density at radius 2 is 1.68 bits per heavy atom. The summed E-state index contributed by atoms with van der Waals surface area (Å²) in [4.78, 5) is 23.6. The fourth-order valence-electron chi connectivity index (χ4n) is 3.75. The molecule has 0 radical (unpaired) electrons. The molecule has 1 N–H and O–H groups in total. The molecule has 2 saturated carbocycles. The molecule has 0 spiro atoms. The van der Waals surface area contributed by atoms with Gasteiger partial charge >= 0.3 is 0 Å². The summed E-state index contributed by atoms with van der Waals surface area (Å²) in [5.41, 5.74) is 0.715. The second kappa shape index (κ2) is 4.68. The van der Waals surface area contributed by atoms with Gasteiger partial charge in [0.2, 0.25) is 5.91 Å². The Kier molecular flexibility index (Phi) is 3.01. The molecule has 2 fully saturated rings. The Morgan fingerprint density at radius 3 is 2.32 bits per heavy atom. The molecule has 3 rings (SSSR count). The first-order chi connectivity index (χ1) is 9.16. The number of carboxylic acids is 1. The third-order valence-corrected chi connectivity index (χ3v) is 4.53. The van der Waals surface area contributed by atoms with E-state index in [1.165, 1.54) is 0 Å². The lowest BCUT2D eigenvalue weighted by atomic mass is 9.78. The van der Waals surface area contributed by atoms with Crippen LogP contribution >= 0.6 is 0 Å². The second-order valence-electron chi connectivity index (χ2n) is 5.56. The number of carboxylic acid groups (broad SMARTS) is 1. The molecule has 1 aromatic carbocycles. The topological polar surface area (TPSA) is 69.2 Å². The second-order valence-corrected chi connectivity index (χ2v) is 5.56. The minimum atomic E-state index is -1.07. The SMILES string of the molecule is O=C([O-])[C@@H]1[C@H]2CC[C@@H](C2)[C@H]1C(=O)Nc1ccccc1. The zero-order valence-corrected chi connectivity index (χ0v) is 10.5. The first-order valence-electron chi connectivity index (χ1n) is 6.73. The van der Waals surface area contributed by atoms with Gasteiger partial charge in [-0.05, 0) is 43.2 Å². The van der Waals surface area contributed by atoms with E-state index < -0.39 is 17.8 Å². The van der Waals surface area contributed by atoms with Crippen LogP contribution in [0.1, 0.15) is 19.3 Å². The Labute approximate surface area is 111 Å². The zero-order valence-electron chi connectivity index (χ0n) is 10.5. The van der Waals surface area contributed by atoms with Crippen LogP contribution < -0.4 is 10.4 Å². The van der Waals surface area contributed by atoms with Gasteiger partial charge in [-0.2, -0.15) is 0 Å². The zero-order chi connectivity index (χ0) is 13.4. The molecular weight excluding hydrogens is 242 g/mol. The highest BCUT2D eigenvalue weighted by atomic mass is 16.4. The quantitative estimate of drug-likeness (QED) is 0.880. The number of aliphatic carboxylic acids is 1. The maximum absolute atomic E-state index is 12.3. The normalized spacial score (nSPS) is 32.2. The van der Waals surface area contributed by atoms with Crippen molar-refractivity contribution in [3.63, 3.8) is 0 Å². The van der Waals surface area contributed by atoms with E-state index in [0.717, 1.165) is 19.3 Å². The van der Waals surface area contributed by atoms with Crippen molar-refractivity contribution in [2.24, 2.45) is 23.7 Å². The highest BCUT2D eigenvalue weighted by Gasteiger charge is 2.51. The highest BCUT2D eigenvalue weighted by molar-refractivity contribution is 5.95. The molecule has 100 valence electrons. The van der Waals surface area contributed by atoms with Gasteiger partial charge in [0.15, 0.2) is 0 Å². The minimum absolute atomic E-state index is 0.126. The Bertz CT molecular complexity index is 499. The van der Waals surface area contributed by atoms with Gasteiger partial charge in [-0.3, -0.25) is 4.79 Å². The maximum Gasteiger partial charge on any atom is 0.228 e. The number of fused-ring (bicyclic) bond motifs is 2. The number of nitrogens with one attached hydrogen (secondary N) is 1. The molecule has 2 aliphatic carbocycles. The van der Waals surface area contributed by atoms with Crippen molar-refractivity contribution in [1.82, 2.24) is 0 Å². The number of hydrogen-bond donors (Lipinski definition) is 1. The van der Waals surface area contributed by atoms with Crippen LogP contribution in [0.3, 0.4) is 0 Å². The maximum atomic E-state index is 12.3. The van der Waals surface area contributed by atoms with Gasteiger partial charge in [-0.1, -0.05) is 18.2 Å². The molecule has 0 saturated heterocycles. The molecule has 4 atom stereocenters. The summed E-state index contributed by atoms with van der Waals surface area (Å²) in [5.74, 6) is -1.95. The number of carbonyl (C=O) groups excluding carboxylic acids is 2. The van der Waals surface area contributed by atoms with Crippen molar-refractivity contribution in [3.05, 3.63) is 30.3 Å². The van der Waals surface area contributed by atoms with Gasteiger partial charge in [-0.25, -0.2) is 0 Å². The first kappa shape index (κ1) is 12.2. The molecule has 0 unspecified atom stereocenters. The smallest absolute Gasteiger partial charge is 0.228 e. The van der Waals surface area contributed by atoms with Crippen LogP contribution in [0.25, 0.3) is 0 Å². The lowest BCUT2D eigenvalue weighted by Gasteiger charge is -2.30. The Hall–Kier alpha value is -1.84. The molecule has 2 bridgehead atoms. The van der Waals surface area contributed by atoms with E-state index in [2.05, 4.69) is 5.32 Å².